The van der Waals surface area contributed by atoms with Crippen LogP contribution in [0.2, 0.25) is 0 Å². The Morgan fingerprint density at radius 1 is 1.19 bits per heavy atom. The molecule has 0 aromatic heterocycles. The van der Waals surface area contributed by atoms with E-state index in [1.807, 2.05) is 6.07 Å². The number of nitrogens with zero attached hydrogens (tertiary/aromatic N) is 1. The molecule has 2 heteroatoms. The molecule has 0 unspecified atom stereocenters. The molecule has 2 nitrogen and oxygen atoms in total. The largest absolute Gasteiger partial charge is 0.385 e. The minimum Gasteiger partial charge on any atom is -0.385 e. The first-order valence-electron chi connectivity index (χ1n) is 6.22. The molecule has 2 rings (SSSR count). The maximum Gasteiger partial charge on any atom is 0.0902 e. The Kier molecular flexibility index (Phi) is 3.31. The number of rotatable bonds is 5. The van der Waals surface area contributed by atoms with Crippen LogP contribution in [0.1, 0.15) is 37.8 Å². The van der Waals surface area contributed by atoms with Gasteiger partial charge in [-0.1, -0.05) is 38.1 Å². The van der Waals surface area contributed by atoms with Gasteiger partial charge in [0.15, 0.2) is 0 Å². The molecule has 0 aliphatic heterocycles. The van der Waals surface area contributed by atoms with Crippen LogP contribution in [0.15, 0.2) is 24.3 Å². The van der Waals surface area contributed by atoms with Crippen molar-refractivity contribution in [2.75, 3.05) is 13.1 Å². The van der Waals surface area contributed by atoms with Gasteiger partial charge in [0.25, 0.3) is 0 Å². The number of hydrogen-bond acceptors (Lipinski definition) is 2. The van der Waals surface area contributed by atoms with Gasteiger partial charge in [-0.2, -0.15) is 0 Å². The summed E-state index contributed by atoms with van der Waals surface area (Å²) in [6.07, 6.45) is 1.84. The molecule has 88 valence electrons. The monoisotopic (exact) mass is 219 g/mol. The van der Waals surface area contributed by atoms with E-state index in [9.17, 15) is 5.11 Å². The van der Waals surface area contributed by atoms with Gasteiger partial charge in [-0.05, 0) is 37.1 Å². The number of hydrogen-bond donors (Lipinski definition) is 1. The zero-order valence-corrected chi connectivity index (χ0v) is 10.2. The summed E-state index contributed by atoms with van der Waals surface area (Å²) in [7, 11) is 0. The van der Waals surface area contributed by atoms with Gasteiger partial charge < -0.3 is 5.11 Å². The Morgan fingerprint density at radius 2 is 1.81 bits per heavy atom. The smallest absolute Gasteiger partial charge is 0.0902 e. The molecule has 0 saturated heterocycles. The van der Waals surface area contributed by atoms with Crippen LogP contribution in [0, 0.1) is 0 Å². The van der Waals surface area contributed by atoms with Crippen molar-refractivity contribution in [3.05, 3.63) is 35.4 Å². The first-order valence-corrected chi connectivity index (χ1v) is 6.22. The van der Waals surface area contributed by atoms with Crippen LogP contribution < -0.4 is 0 Å². The van der Waals surface area contributed by atoms with Crippen molar-refractivity contribution in [3.8, 4) is 0 Å². The summed E-state index contributed by atoms with van der Waals surface area (Å²) in [6, 6.07) is 8.31. The topological polar surface area (TPSA) is 23.5 Å². The van der Waals surface area contributed by atoms with Crippen molar-refractivity contribution >= 4 is 0 Å². The molecule has 1 saturated carbocycles. The molecule has 0 heterocycles. The van der Waals surface area contributed by atoms with E-state index in [1.54, 1.807) is 0 Å². The SMILES string of the molecule is CCN(CC)Cc1ccccc1C1(O)CC1. The van der Waals surface area contributed by atoms with Crippen molar-refractivity contribution in [2.24, 2.45) is 0 Å². The van der Waals surface area contributed by atoms with Crippen LogP contribution >= 0.6 is 0 Å². The zero-order chi connectivity index (χ0) is 11.6. The summed E-state index contributed by atoms with van der Waals surface area (Å²) in [5.41, 5.74) is 1.91. The van der Waals surface area contributed by atoms with Crippen LogP contribution in [0.3, 0.4) is 0 Å². The van der Waals surface area contributed by atoms with E-state index < -0.39 is 5.60 Å². The summed E-state index contributed by atoms with van der Waals surface area (Å²) in [5.74, 6) is 0. The van der Waals surface area contributed by atoms with Crippen molar-refractivity contribution in [1.82, 2.24) is 4.90 Å². The second kappa shape index (κ2) is 4.56. The molecule has 0 atom stereocenters. The second-order valence-electron chi connectivity index (χ2n) is 4.65. The highest BCUT2D eigenvalue weighted by Crippen LogP contribution is 2.46. The minimum atomic E-state index is -0.510. The summed E-state index contributed by atoms with van der Waals surface area (Å²) in [4.78, 5) is 2.38. The van der Waals surface area contributed by atoms with Crippen LogP contribution in [-0.2, 0) is 12.1 Å². The third-order valence-electron chi connectivity index (χ3n) is 3.53. The Hall–Kier alpha value is -0.860. The van der Waals surface area contributed by atoms with Gasteiger partial charge >= 0.3 is 0 Å². The first kappa shape index (κ1) is 11.6. The molecule has 1 aliphatic rings. The van der Waals surface area contributed by atoms with Crippen molar-refractivity contribution in [3.63, 3.8) is 0 Å². The first-order chi connectivity index (χ1) is 7.69. The van der Waals surface area contributed by atoms with Gasteiger partial charge in [-0.3, -0.25) is 4.90 Å². The highest BCUT2D eigenvalue weighted by Gasteiger charge is 2.43. The lowest BCUT2D eigenvalue weighted by Gasteiger charge is -2.21. The van der Waals surface area contributed by atoms with Gasteiger partial charge in [0.05, 0.1) is 5.60 Å². The quantitative estimate of drug-likeness (QED) is 0.822. The zero-order valence-electron chi connectivity index (χ0n) is 10.2. The van der Waals surface area contributed by atoms with Gasteiger partial charge in [0, 0.05) is 6.54 Å². The van der Waals surface area contributed by atoms with Gasteiger partial charge in [-0.15, -0.1) is 0 Å². The molecule has 1 fully saturated rings. The van der Waals surface area contributed by atoms with Crippen LogP contribution in [0.25, 0.3) is 0 Å². The van der Waals surface area contributed by atoms with E-state index in [0.29, 0.717) is 0 Å². The lowest BCUT2D eigenvalue weighted by molar-refractivity contribution is 0.148. The summed E-state index contributed by atoms with van der Waals surface area (Å²) >= 11 is 0. The van der Waals surface area contributed by atoms with Crippen LogP contribution in [0.5, 0.6) is 0 Å². The third kappa shape index (κ3) is 2.28. The van der Waals surface area contributed by atoms with Gasteiger partial charge in [-0.25, -0.2) is 0 Å². The van der Waals surface area contributed by atoms with Crippen LogP contribution in [0.4, 0.5) is 0 Å². The average molecular weight is 219 g/mol. The Labute approximate surface area is 97.9 Å². The fraction of sp³-hybridized carbons (Fsp3) is 0.571. The van der Waals surface area contributed by atoms with Crippen molar-refractivity contribution < 1.29 is 5.11 Å². The highest BCUT2D eigenvalue weighted by atomic mass is 16.3. The maximum atomic E-state index is 10.2. The molecule has 16 heavy (non-hydrogen) atoms. The van der Waals surface area contributed by atoms with E-state index >= 15 is 0 Å². The maximum absolute atomic E-state index is 10.2. The van der Waals surface area contributed by atoms with Gasteiger partial charge in [0.1, 0.15) is 0 Å². The summed E-state index contributed by atoms with van der Waals surface area (Å²) in [5, 5.41) is 10.2. The fourth-order valence-corrected chi connectivity index (χ4v) is 2.19. The third-order valence-corrected chi connectivity index (χ3v) is 3.53. The normalized spacial score (nSPS) is 17.8. The van der Waals surface area contributed by atoms with E-state index in [4.69, 9.17) is 0 Å². The molecular weight excluding hydrogens is 198 g/mol. The molecule has 0 radical (unpaired) electrons. The Balaban J connectivity index is 2.20. The predicted molar refractivity (Wildman–Crippen MR) is 66.2 cm³/mol. The number of benzene rings is 1. The molecule has 1 N–H and O–H groups in total. The Bertz CT molecular complexity index is 354. The Morgan fingerprint density at radius 3 is 2.38 bits per heavy atom. The molecule has 0 amide bonds. The molecule has 1 aromatic rings. The van der Waals surface area contributed by atoms with Gasteiger partial charge in [0.2, 0.25) is 0 Å². The fourth-order valence-electron chi connectivity index (χ4n) is 2.19. The average Bonchev–Trinajstić information content (AvgIpc) is 3.06. The van der Waals surface area contributed by atoms with Crippen LogP contribution in [-0.4, -0.2) is 23.1 Å². The standard InChI is InChI=1S/C14H21NO/c1-3-15(4-2)11-12-7-5-6-8-13(12)14(16)9-10-14/h5-8,16H,3-4,9-11H2,1-2H3. The molecule has 0 spiro atoms. The minimum absolute atomic E-state index is 0.510. The molecule has 1 aromatic carbocycles. The van der Waals surface area contributed by atoms with E-state index in [-0.39, 0.29) is 0 Å². The molecule has 1 aliphatic carbocycles. The second-order valence-corrected chi connectivity index (χ2v) is 4.65. The summed E-state index contributed by atoms with van der Waals surface area (Å²) < 4.78 is 0. The lowest BCUT2D eigenvalue weighted by Crippen LogP contribution is -2.24. The number of aliphatic hydroxyl groups is 1. The molecule has 0 bridgehead atoms. The summed E-state index contributed by atoms with van der Waals surface area (Å²) in [6.45, 7) is 7.42. The van der Waals surface area contributed by atoms with Crippen molar-refractivity contribution in [1.29, 1.82) is 0 Å². The van der Waals surface area contributed by atoms with E-state index in [1.165, 1.54) is 5.56 Å². The van der Waals surface area contributed by atoms with Crippen molar-refractivity contribution in [2.45, 2.75) is 38.8 Å². The lowest BCUT2D eigenvalue weighted by atomic mass is 10.0. The van der Waals surface area contributed by atoms with E-state index in [2.05, 4.69) is 36.9 Å². The predicted octanol–water partition coefficient (Wildman–Crippen LogP) is 2.51. The van der Waals surface area contributed by atoms with E-state index in [0.717, 1.165) is 38.0 Å². The highest BCUT2D eigenvalue weighted by molar-refractivity contribution is 5.35. The molecular formula is C14H21NO.